The fourth-order valence-electron chi connectivity index (χ4n) is 1.98. The summed E-state index contributed by atoms with van der Waals surface area (Å²) in [6.07, 6.45) is 4.95. The second-order valence-electron chi connectivity index (χ2n) is 4.89. The van der Waals surface area contributed by atoms with E-state index in [2.05, 4.69) is 10.4 Å². The van der Waals surface area contributed by atoms with Crippen molar-refractivity contribution in [1.29, 1.82) is 0 Å². The van der Waals surface area contributed by atoms with Crippen LogP contribution >= 0.6 is 11.6 Å². The van der Waals surface area contributed by atoms with Crippen molar-refractivity contribution in [3.8, 4) is 0 Å². The quantitative estimate of drug-likeness (QED) is 0.817. The van der Waals surface area contributed by atoms with E-state index in [1.165, 1.54) is 12.8 Å². The van der Waals surface area contributed by atoms with Crippen molar-refractivity contribution in [3.05, 3.63) is 17.5 Å². The molecule has 1 heterocycles. The number of hydrogen-bond acceptors (Lipinski definition) is 2. The molecular formula is C12H18ClN3O. The lowest BCUT2D eigenvalue weighted by Crippen LogP contribution is -2.30. The molecular weight excluding hydrogens is 238 g/mol. The Balaban J connectivity index is 1.92. The maximum absolute atomic E-state index is 12.0. The average Bonchev–Trinajstić information content (AvgIpc) is 2.99. The monoisotopic (exact) mass is 255 g/mol. The topological polar surface area (TPSA) is 46.9 Å². The molecule has 2 rings (SSSR count). The maximum Gasteiger partial charge on any atom is 0.254 e. The van der Waals surface area contributed by atoms with Crippen LogP contribution in [0.1, 0.15) is 35.3 Å². The van der Waals surface area contributed by atoms with Crippen LogP contribution < -0.4 is 5.32 Å². The minimum atomic E-state index is -0.0311. The zero-order valence-electron chi connectivity index (χ0n) is 10.3. The highest BCUT2D eigenvalue weighted by atomic mass is 35.5. The molecule has 1 aliphatic carbocycles. The van der Waals surface area contributed by atoms with Crippen molar-refractivity contribution in [2.24, 2.45) is 12.5 Å². The molecule has 1 N–H and O–H groups in total. The van der Waals surface area contributed by atoms with Crippen molar-refractivity contribution in [1.82, 2.24) is 15.1 Å². The summed E-state index contributed by atoms with van der Waals surface area (Å²) in [7, 11) is 1.84. The predicted molar refractivity (Wildman–Crippen MR) is 67.3 cm³/mol. The van der Waals surface area contributed by atoms with Crippen LogP contribution in [-0.2, 0) is 7.05 Å². The van der Waals surface area contributed by atoms with Crippen molar-refractivity contribution in [3.63, 3.8) is 0 Å². The van der Waals surface area contributed by atoms with Gasteiger partial charge in [-0.3, -0.25) is 9.48 Å². The molecule has 0 aliphatic heterocycles. The van der Waals surface area contributed by atoms with Gasteiger partial charge < -0.3 is 5.32 Å². The molecule has 0 aromatic carbocycles. The normalized spacial score (nSPS) is 16.9. The van der Waals surface area contributed by atoms with Crippen molar-refractivity contribution in [2.45, 2.75) is 26.2 Å². The molecule has 1 aliphatic rings. The van der Waals surface area contributed by atoms with E-state index in [-0.39, 0.29) is 11.3 Å². The molecule has 0 saturated heterocycles. The highest BCUT2D eigenvalue weighted by Crippen LogP contribution is 2.48. The summed E-state index contributed by atoms with van der Waals surface area (Å²) in [5.41, 5.74) is 1.83. The number of carbonyl (C=O) groups is 1. The van der Waals surface area contributed by atoms with Crippen LogP contribution in [-0.4, -0.2) is 28.1 Å². The summed E-state index contributed by atoms with van der Waals surface area (Å²) in [6.45, 7) is 2.63. The first-order chi connectivity index (χ1) is 8.08. The van der Waals surface area contributed by atoms with Gasteiger partial charge in [0.2, 0.25) is 0 Å². The number of amides is 1. The third-order valence-corrected chi connectivity index (χ3v) is 3.87. The van der Waals surface area contributed by atoms with Crippen molar-refractivity contribution >= 4 is 17.5 Å². The number of nitrogens with one attached hydrogen (secondary N) is 1. The first-order valence-electron chi connectivity index (χ1n) is 5.91. The summed E-state index contributed by atoms with van der Waals surface area (Å²) >= 11 is 5.76. The number of hydrogen-bond donors (Lipinski definition) is 1. The van der Waals surface area contributed by atoms with E-state index in [1.807, 2.05) is 14.0 Å². The first-order valence-corrected chi connectivity index (χ1v) is 6.44. The van der Waals surface area contributed by atoms with E-state index in [9.17, 15) is 4.79 Å². The molecule has 0 spiro atoms. The van der Waals surface area contributed by atoms with Gasteiger partial charge in [0.1, 0.15) is 0 Å². The lowest BCUT2D eigenvalue weighted by Gasteiger charge is -2.14. The molecule has 1 amide bonds. The number of carbonyl (C=O) groups excluding carboxylic acids is 1. The van der Waals surface area contributed by atoms with Gasteiger partial charge >= 0.3 is 0 Å². The summed E-state index contributed by atoms with van der Waals surface area (Å²) in [5, 5.41) is 7.06. The number of alkyl halides is 1. The number of rotatable bonds is 5. The molecule has 0 radical (unpaired) electrons. The van der Waals surface area contributed by atoms with Gasteiger partial charge in [0.25, 0.3) is 5.91 Å². The highest BCUT2D eigenvalue weighted by Gasteiger charge is 2.41. The number of aryl methyl sites for hydroxylation is 1. The average molecular weight is 256 g/mol. The summed E-state index contributed by atoms with van der Waals surface area (Å²) < 4.78 is 1.71. The highest BCUT2D eigenvalue weighted by molar-refractivity contribution is 6.17. The van der Waals surface area contributed by atoms with Crippen molar-refractivity contribution < 1.29 is 4.79 Å². The molecule has 4 nitrogen and oxygen atoms in total. The van der Waals surface area contributed by atoms with Crippen LogP contribution in [0.4, 0.5) is 0 Å². The predicted octanol–water partition coefficient (Wildman–Crippen LogP) is 1.87. The third-order valence-electron chi connectivity index (χ3n) is 3.69. The van der Waals surface area contributed by atoms with E-state index in [1.54, 1.807) is 10.9 Å². The van der Waals surface area contributed by atoms with Gasteiger partial charge in [-0.1, -0.05) is 0 Å². The molecule has 0 unspecified atom stereocenters. The Hall–Kier alpha value is -1.03. The number of halogens is 1. The molecule has 1 saturated carbocycles. The van der Waals surface area contributed by atoms with E-state index in [4.69, 9.17) is 11.6 Å². The van der Waals surface area contributed by atoms with Crippen LogP contribution in [0.15, 0.2) is 6.20 Å². The van der Waals surface area contributed by atoms with E-state index < -0.39 is 0 Å². The van der Waals surface area contributed by atoms with Crippen LogP contribution in [0.3, 0.4) is 0 Å². The van der Waals surface area contributed by atoms with E-state index in [0.717, 1.165) is 18.7 Å². The van der Waals surface area contributed by atoms with E-state index >= 15 is 0 Å². The number of aromatic nitrogens is 2. The molecule has 0 bridgehead atoms. The Bertz CT molecular complexity index is 423. The summed E-state index contributed by atoms with van der Waals surface area (Å²) in [6, 6.07) is 0. The Morgan fingerprint density at radius 1 is 1.65 bits per heavy atom. The van der Waals surface area contributed by atoms with Crippen LogP contribution in [0, 0.1) is 12.3 Å². The van der Waals surface area contributed by atoms with Crippen LogP contribution in [0.25, 0.3) is 0 Å². The second kappa shape index (κ2) is 4.69. The fourth-order valence-corrected chi connectivity index (χ4v) is 2.38. The largest absolute Gasteiger partial charge is 0.351 e. The fraction of sp³-hybridized carbons (Fsp3) is 0.667. The Kier molecular flexibility index (Phi) is 3.43. The maximum atomic E-state index is 12.0. The lowest BCUT2D eigenvalue weighted by atomic mass is 10.0. The zero-order chi connectivity index (χ0) is 12.5. The minimum absolute atomic E-state index is 0.0311. The molecule has 17 heavy (non-hydrogen) atoms. The van der Waals surface area contributed by atoms with Gasteiger partial charge in [0, 0.05) is 25.2 Å². The molecule has 94 valence electrons. The van der Waals surface area contributed by atoms with Crippen LogP contribution in [0.2, 0.25) is 0 Å². The molecule has 1 aromatic heterocycles. The Labute approximate surface area is 106 Å². The number of nitrogens with zero attached hydrogens (tertiary/aromatic N) is 2. The molecule has 1 fully saturated rings. The Morgan fingerprint density at radius 2 is 2.35 bits per heavy atom. The summed E-state index contributed by atoms with van der Waals surface area (Å²) in [5.74, 6) is 0.637. The standard InChI is InChI=1S/C12H18ClN3O/c1-9-10(7-15-16(9)2)11(17)14-8-12(3-4-12)5-6-13/h7H,3-6,8H2,1-2H3,(H,14,17). The van der Waals surface area contributed by atoms with E-state index in [0.29, 0.717) is 11.4 Å². The van der Waals surface area contributed by atoms with Crippen LogP contribution in [0.5, 0.6) is 0 Å². The SMILES string of the molecule is Cc1c(C(=O)NCC2(CCCl)CC2)cnn1C. The van der Waals surface area contributed by atoms with Gasteiger partial charge in [-0.15, -0.1) is 11.6 Å². The Morgan fingerprint density at radius 3 is 2.82 bits per heavy atom. The van der Waals surface area contributed by atoms with Crippen molar-refractivity contribution in [2.75, 3.05) is 12.4 Å². The minimum Gasteiger partial charge on any atom is -0.351 e. The van der Waals surface area contributed by atoms with Gasteiger partial charge in [0.15, 0.2) is 0 Å². The molecule has 5 heteroatoms. The lowest BCUT2D eigenvalue weighted by molar-refractivity contribution is 0.0943. The van der Waals surface area contributed by atoms with Gasteiger partial charge in [0.05, 0.1) is 11.8 Å². The molecule has 1 aromatic rings. The zero-order valence-corrected chi connectivity index (χ0v) is 11.0. The van der Waals surface area contributed by atoms with Gasteiger partial charge in [-0.2, -0.15) is 5.10 Å². The first kappa shape index (κ1) is 12.4. The summed E-state index contributed by atoms with van der Waals surface area (Å²) in [4.78, 5) is 12.0. The second-order valence-corrected chi connectivity index (χ2v) is 5.27. The smallest absolute Gasteiger partial charge is 0.254 e. The molecule has 0 atom stereocenters. The third kappa shape index (κ3) is 2.63. The van der Waals surface area contributed by atoms with Gasteiger partial charge in [-0.25, -0.2) is 0 Å². The van der Waals surface area contributed by atoms with Gasteiger partial charge in [-0.05, 0) is 31.6 Å².